The highest BCUT2D eigenvalue weighted by Gasteiger charge is 1.92. The van der Waals surface area contributed by atoms with Crippen molar-refractivity contribution in [3.63, 3.8) is 0 Å². The van der Waals surface area contributed by atoms with Crippen LogP contribution in [0, 0.1) is 5.92 Å². The van der Waals surface area contributed by atoms with Crippen LogP contribution in [-0.4, -0.2) is 13.1 Å². The SMILES string of the molecule is CC.CCNCCCCC(C)C. The summed E-state index contributed by atoms with van der Waals surface area (Å²) < 4.78 is 0. The van der Waals surface area contributed by atoms with E-state index in [-0.39, 0.29) is 0 Å². The van der Waals surface area contributed by atoms with Crippen molar-refractivity contribution in [2.24, 2.45) is 5.92 Å². The Morgan fingerprint density at radius 2 is 1.67 bits per heavy atom. The lowest BCUT2D eigenvalue weighted by Gasteiger charge is -2.03. The third kappa shape index (κ3) is 16.5. The smallest absolute Gasteiger partial charge is 0.00490 e. The van der Waals surface area contributed by atoms with Crippen LogP contribution in [0.4, 0.5) is 0 Å². The van der Waals surface area contributed by atoms with E-state index < -0.39 is 0 Å². The van der Waals surface area contributed by atoms with Crippen LogP contribution in [0.3, 0.4) is 0 Å². The van der Waals surface area contributed by atoms with Gasteiger partial charge < -0.3 is 5.32 Å². The molecule has 0 saturated heterocycles. The summed E-state index contributed by atoms with van der Waals surface area (Å²) in [6, 6.07) is 0. The lowest BCUT2D eigenvalue weighted by Crippen LogP contribution is -2.13. The Balaban J connectivity index is 0. The molecule has 0 aromatic heterocycles. The van der Waals surface area contributed by atoms with Gasteiger partial charge in [-0.05, 0) is 25.4 Å². The van der Waals surface area contributed by atoms with Gasteiger partial charge in [-0.2, -0.15) is 0 Å². The van der Waals surface area contributed by atoms with E-state index in [2.05, 4.69) is 26.1 Å². The second-order valence-corrected chi connectivity index (χ2v) is 3.24. The summed E-state index contributed by atoms with van der Waals surface area (Å²) in [5.41, 5.74) is 0. The van der Waals surface area contributed by atoms with Crippen molar-refractivity contribution in [3.05, 3.63) is 0 Å². The van der Waals surface area contributed by atoms with Crippen LogP contribution in [-0.2, 0) is 0 Å². The molecule has 0 rings (SSSR count). The van der Waals surface area contributed by atoms with Crippen LogP contribution in [0.5, 0.6) is 0 Å². The highest BCUT2D eigenvalue weighted by molar-refractivity contribution is 4.48. The van der Waals surface area contributed by atoms with Crippen molar-refractivity contribution in [1.82, 2.24) is 5.32 Å². The topological polar surface area (TPSA) is 12.0 Å². The summed E-state index contributed by atoms with van der Waals surface area (Å²) in [7, 11) is 0. The molecule has 0 aliphatic heterocycles. The first-order valence-corrected chi connectivity index (χ1v) is 5.48. The normalized spacial score (nSPS) is 9.50. The number of hydrogen-bond acceptors (Lipinski definition) is 1. The van der Waals surface area contributed by atoms with E-state index in [0.717, 1.165) is 12.5 Å². The summed E-state index contributed by atoms with van der Waals surface area (Å²) in [4.78, 5) is 0. The highest BCUT2D eigenvalue weighted by Crippen LogP contribution is 2.04. The van der Waals surface area contributed by atoms with Gasteiger partial charge in [0.05, 0.1) is 0 Å². The molecule has 76 valence electrons. The number of hydrogen-bond donors (Lipinski definition) is 1. The fourth-order valence-electron chi connectivity index (χ4n) is 0.979. The van der Waals surface area contributed by atoms with E-state index in [1.54, 1.807) is 0 Å². The van der Waals surface area contributed by atoms with Gasteiger partial charge >= 0.3 is 0 Å². The van der Waals surface area contributed by atoms with E-state index in [4.69, 9.17) is 0 Å². The first kappa shape index (κ1) is 14.5. The van der Waals surface area contributed by atoms with Crippen molar-refractivity contribution in [1.29, 1.82) is 0 Å². The maximum atomic E-state index is 3.32. The predicted octanol–water partition coefficient (Wildman–Crippen LogP) is 3.45. The Hall–Kier alpha value is -0.0400. The van der Waals surface area contributed by atoms with Crippen LogP contribution >= 0.6 is 0 Å². The molecule has 1 nitrogen and oxygen atoms in total. The van der Waals surface area contributed by atoms with Gasteiger partial charge in [-0.3, -0.25) is 0 Å². The quantitative estimate of drug-likeness (QED) is 0.607. The van der Waals surface area contributed by atoms with Crippen molar-refractivity contribution in [2.45, 2.75) is 53.9 Å². The molecule has 1 heteroatoms. The Bertz CT molecular complexity index is 60.0. The van der Waals surface area contributed by atoms with Gasteiger partial charge in [0, 0.05) is 0 Å². The van der Waals surface area contributed by atoms with Gasteiger partial charge in [0.1, 0.15) is 0 Å². The fourth-order valence-corrected chi connectivity index (χ4v) is 0.979. The largest absolute Gasteiger partial charge is 0.317 e. The fraction of sp³-hybridized carbons (Fsp3) is 1.00. The summed E-state index contributed by atoms with van der Waals surface area (Å²) in [5.74, 6) is 0.877. The van der Waals surface area contributed by atoms with Gasteiger partial charge in [-0.25, -0.2) is 0 Å². The second kappa shape index (κ2) is 13.5. The summed E-state index contributed by atoms with van der Waals surface area (Å²) in [6.07, 6.45) is 4.10. The summed E-state index contributed by atoms with van der Waals surface area (Å²) in [6.45, 7) is 13.0. The van der Waals surface area contributed by atoms with Crippen LogP contribution in [0.15, 0.2) is 0 Å². The molecule has 0 bridgehead atoms. The zero-order valence-electron chi connectivity index (χ0n) is 9.61. The molecule has 0 saturated carbocycles. The Labute approximate surface area is 78.9 Å². The highest BCUT2D eigenvalue weighted by atomic mass is 14.8. The van der Waals surface area contributed by atoms with Gasteiger partial charge in [0.25, 0.3) is 0 Å². The third-order valence-corrected chi connectivity index (χ3v) is 1.64. The van der Waals surface area contributed by atoms with Crippen molar-refractivity contribution in [3.8, 4) is 0 Å². The van der Waals surface area contributed by atoms with Crippen LogP contribution in [0.1, 0.15) is 53.9 Å². The van der Waals surface area contributed by atoms with Crippen LogP contribution in [0.2, 0.25) is 0 Å². The second-order valence-electron chi connectivity index (χ2n) is 3.24. The van der Waals surface area contributed by atoms with Crippen LogP contribution < -0.4 is 5.32 Å². The zero-order valence-corrected chi connectivity index (χ0v) is 9.61. The molecule has 0 aliphatic carbocycles. The number of rotatable bonds is 6. The molecule has 0 atom stereocenters. The summed E-state index contributed by atoms with van der Waals surface area (Å²) >= 11 is 0. The zero-order chi connectivity index (χ0) is 9.82. The van der Waals surface area contributed by atoms with Crippen molar-refractivity contribution >= 4 is 0 Å². The van der Waals surface area contributed by atoms with Crippen molar-refractivity contribution < 1.29 is 0 Å². The van der Waals surface area contributed by atoms with E-state index in [0.29, 0.717) is 0 Å². The third-order valence-electron chi connectivity index (χ3n) is 1.64. The standard InChI is InChI=1S/C9H21N.C2H6/c1-4-10-8-6-5-7-9(2)3;1-2/h9-10H,4-8H2,1-3H3;1-2H3. The predicted molar refractivity (Wildman–Crippen MR) is 58.6 cm³/mol. The van der Waals surface area contributed by atoms with Gasteiger partial charge in [-0.1, -0.05) is 47.5 Å². The maximum Gasteiger partial charge on any atom is -0.00490 e. The monoisotopic (exact) mass is 173 g/mol. The Morgan fingerprint density at radius 3 is 2.08 bits per heavy atom. The van der Waals surface area contributed by atoms with Gasteiger partial charge in [-0.15, -0.1) is 0 Å². The minimum Gasteiger partial charge on any atom is -0.317 e. The average molecular weight is 173 g/mol. The molecule has 0 radical (unpaired) electrons. The number of nitrogens with one attached hydrogen (secondary N) is 1. The first-order valence-electron chi connectivity index (χ1n) is 5.48. The van der Waals surface area contributed by atoms with Gasteiger partial charge in [0.15, 0.2) is 0 Å². The minimum atomic E-state index is 0.877. The molecule has 0 fully saturated rings. The van der Waals surface area contributed by atoms with E-state index in [1.165, 1.54) is 25.8 Å². The molecule has 0 aromatic carbocycles. The lowest BCUT2D eigenvalue weighted by molar-refractivity contribution is 0.524. The molecule has 12 heavy (non-hydrogen) atoms. The maximum absolute atomic E-state index is 3.32. The molecule has 0 aliphatic rings. The van der Waals surface area contributed by atoms with E-state index in [9.17, 15) is 0 Å². The van der Waals surface area contributed by atoms with Crippen LogP contribution in [0.25, 0.3) is 0 Å². The molecule has 0 spiro atoms. The Kier molecular flexibility index (Phi) is 16.3. The average Bonchev–Trinajstić information content (AvgIpc) is 2.07. The van der Waals surface area contributed by atoms with Gasteiger partial charge in [0.2, 0.25) is 0 Å². The molecule has 0 heterocycles. The molecule has 1 N–H and O–H groups in total. The molecule has 0 amide bonds. The lowest BCUT2D eigenvalue weighted by atomic mass is 10.1. The molecule has 0 unspecified atom stereocenters. The first-order chi connectivity index (χ1) is 5.77. The minimum absolute atomic E-state index is 0.877. The van der Waals surface area contributed by atoms with E-state index in [1.807, 2.05) is 13.8 Å². The van der Waals surface area contributed by atoms with Crippen molar-refractivity contribution in [2.75, 3.05) is 13.1 Å². The molecule has 0 aromatic rings. The summed E-state index contributed by atoms with van der Waals surface area (Å²) in [5, 5.41) is 3.32. The Morgan fingerprint density at radius 1 is 1.08 bits per heavy atom. The van der Waals surface area contributed by atoms with E-state index >= 15 is 0 Å². The molecular weight excluding hydrogens is 146 g/mol. The molecular formula is C11H27N. The number of unbranched alkanes of at least 4 members (excludes halogenated alkanes) is 1.